The van der Waals surface area contributed by atoms with Crippen molar-refractivity contribution in [2.75, 3.05) is 0 Å². The zero-order chi connectivity index (χ0) is 20.0. The van der Waals surface area contributed by atoms with E-state index < -0.39 is 8.07 Å². The fourth-order valence-corrected chi connectivity index (χ4v) is 4.87. The van der Waals surface area contributed by atoms with Crippen LogP contribution in [0.4, 0.5) is 0 Å². The Morgan fingerprint density at radius 2 is 1.81 bits per heavy atom. The second kappa shape index (κ2) is 6.49. The summed E-state index contributed by atoms with van der Waals surface area (Å²) < 4.78 is 1.59. The molecule has 27 heavy (non-hydrogen) atoms. The number of hydrogen-bond acceptors (Lipinski definition) is 2. The van der Waals surface area contributed by atoms with E-state index in [0.717, 1.165) is 17.8 Å². The van der Waals surface area contributed by atoms with Crippen LogP contribution in [0.3, 0.4) is 0 Å². The van der Waals surface area contributed by atoms with Gasteiger partial charge >= 0.3 is 0 Å². The first-order valence-corrected chi connectivity index (χ1v) is 13.2. The average Bonchev–Trinajstić information content (AvgIpc) is 2.95. The number of aromatic nitrogens is 2. The molecular weight excluding hydrogens is 348 g/mol. The molecule has 4 heteroatoms. The number of hydrogen-bond donors (Lipinski definition) is 0. The Kier molecular flexibility index (Phi) is 4.72. The molecule has 0 N–H and O–H groups in total. The first-order chi connectivity index (χ1) is 12.5. The van der Waals surface area contributed by atoms with Crippen LogP contribution in [0.5, 0.6) is 0 Å². The van der Waals surface area contributed by atoms with E-state index in [-0.39, 0.29) is 22.7 Å². The van der Waals surface area contributed by atoms with Crippen LogP contribution in [0, 0.1) is 36.6 Å². The van der Waals surface area contributed by atoms with Crippen LogP contribution in [0.1, 0.15) is 42.0 Å². The summed E-state index contributed by atoms with van der Waals surface area (Å²) in [6.07, 6.45) is 0.771. The van der Waals surface area contributed by atoms with Crippen LogP contribution >= 0.6 is 0 Å². The Labute approximate surface area is 164 Å². The molecule has 0 amide bonds. The minimum Gasteiger partial charge on any atom is -0.272 e. The van der Waals surface area contributed by atoms with Gasteiger partial charge in [-0.2, -0.15) is 5.10 Å². The first-order valence-electron chi connectivity index (χ1n) is 9.65. The van der Waals surface area contributed by atoms with Crippen molar-refractivity contribution in [3.8, 4) is 11.5 Å². The highest BCUT2D eigenvalue weighted by Crippen LogP contribution is 2.61. The van der Waals surface area contributed by atoms with E-state index in [1.807, 2.05) is 26.0 Å². The van der Waals surface area contributed by atoms with Gasteiger partial charge in [0.1, 0.15) is 8.07 Å². The lowest BCUT2D eigenvalue weighted by Gasteiger charge is -2.59. The standard InChI is InChI=1S/C23H30N2OSi/c1-17-15-18(2)25(24-17)21(26)20-16-22(3,13-14-27(5,6)7)23(20,4)19-11-9-8-10-12-19/h8-12,15,20H,16H2,1-7H3/t20-,22-,23-/m1/s1. The monoisotopic (exact) mass is 378 g/mol. The predicted octanol–water partition coefficient (Wildman–Crippen LogP) is 5.01. The second-order valence-electron chi connectivity index (χ2n) is 9.33. The van der Waals surface area contributed by atoms with Gasteiger partial charge in [0.25, 0.3) is 5.91 Å². The van der Waals surface area contributed by atoms with E-state index in [2.05, 4.69) is 74.3 Å². The Morgan fingerprint density at radius 1 is 1.19 bits per heavy atom. The molecular formula is C23H30N2OSi. The normalized spacial score (nSPS) is 27.4. The van der Waals surface area contributed by atoms with Crippen molar-refractivity contribution in [3.05, 3.63) is 53.3 Å². The molecule has 1 aliphatic carbocycles. The van der Waals surface area contributed by atoms with Gasteiger partial charge in [-0.05, 0) is 38.8 Å². The van der Waals surface area contributed by atoms with Crippen LogP contribution in [-0.4, -0.2) is 23.8 Å². The summed E-state index contributed by atoms with van der Waals surface area (Å²) in [5, 5.41) is 4.44. The van der Waals surface area contributed by atoms with Gasteiger partial charge in [-0.1, -0.05) is 56.9 Å². The van der Waals surface area contributed by atoms with E-state index >= 15 is 0 Å². The molecule has 2 aromatic rings. The fraction of sp³-hybridized carbons (Fsp3) is 0.478. The minimum atomic E-state index is -1.50. The van der Waals surface area contributed by atoms with E-state index in [1.165, 1.54) is 5.56 Å². The third kappa shape index (κ3) is 3.30. The molecule has 1 aliphatic rings. The molecule has 0 spiro atoms. The number of rotatable bonds is 2. The summed E-state index contributed by atoms with van der Waals surface area (Å²) >= 11 is 0. The van der Waals surface area contributed by atoms with Crippen LogP contribution in [0.15, 0.2) is 36.4 Å². The number of aryl methyl sites for hydroxylation is 2. The lowest BCUT2D eigenvalue weighted by atomic mass is 9.43. The summed E-state index contributed by atoms with van der Waals surface area (Å²) in [7, 11) is -1.50. The Morgan fingerprint density at radius 3 is 2.33 bits per heavy atom. The fourth-order valence-electron chi connectivity index (χ4n) is 4.22. The maximum absolute atomic E-state index is 13.4. The molecule has 142 valence electrons. The first kappa shape index (κ1) is 19.6. The van der Waals surface area contributed by atoms with Crippen molar-refractivity contribution in [3.63, 3.8) is 0 Å². The van der Waals surface area contributed by atoms with Crippen molar-refractivity contribution < 1.29 is 4.79 Å². The largest absolute Gasteiger partial charge is 0.272 e. The summed E-state index contributed by atoms with van der Waals surface area (Å²) in [4.78, 5) is 13.4. The number of nitrogens with zero attached hydrogens (tertiary/aromatic N) is 2. The van der Waals surface area contributed by atoms with Gasteiger partial charge in [-0.3, -0.25) is 4.79 Å². The Hall–Kier alpha value is -2.12. The van der Waals surface area contributed by atoms with Gasteiger partial charge in [-0.15, -0.1) is 11.5 Å². The Balaban J connectivity index is 2.07. The minimum absolute atomic E-state index is 0.0826. The number of carbonyl (C=O) groups is 1. The molecule has 3 nitrogen and oxygen atoms in total. The number of benzene rings is 1. The quantitative estimate of drug-likeness (QED) is 0.544. The maximum atomic E-state index is 13.4. The molecule has 1 saturated carbocycles. The van der Waals surface area contributed by atoms with E-state index in [4.69, 9.17) is 0 Å². The summed E-state index contributed by atoms with van der Waals surface area (Å²) in [5.41, 5.74) is 5.97. The highest BCUT2D eigenvalue weighted by atomic mass is 28.3. The van der Waals surface area contributed by atoms with Crippen LogP contribution in [0.2, 0.25) is 19.6 Å². The third-order valence-electron chi connectivity index (χ3n) is 6.06. The van der Waals surface area contributed by atoms with Gasteiger partial charge in [0.2, 0.25) is 0 Å². The van der Waals surface area contributed by atoms with E-state index in [0.29, 0.717) is 0 Å². The highest BCUT2D eigenvalue weighted by molar-refractivity contribution is 6.83. The molecule has 0 radical (unpaired) electrons. The van der Waals surface area contributed by atoms with Gasteiger partial charge in [0.05, 0.1) is 11.6 Å². The average molecular weight is 379 g/mol. The van der Waals surface area contributed by atoms with Crippen LogP contribution in [-0.2, 0) is 5.41 Å². The molecule has 1 aromatic heterocycles. The molecule has 3 atom stereocenters. The molecule has 0 bridgehead atoms. The lowest BCUT2D eigenvalue weighted by Crippen LogP contribution is -2.61. The molecule has 1 heterocycles. The zero-order valence-corrected chi connectivity index (χ0v) is 18.6. The van der Waals surface area contributed by atoms with Crippen LogP contribution < -0.4 is 0 Å². The highest BCUT2D eigenvalue weighted by Gasteiger charge is 2.63. The maximum Gasteiger partial charge on any atom is 0.251 e. The third-order valence-corrected chi connectivity index (χ3v) is 6.93. The summed E-state index contributed by atoms with van der Waals surface area (Å²) in [6.45, 7) is 15.1. The van der Waals surface area contributed by atoms with Gasteiger partial charge in [-0.25, -0.2) is 4.68 Å². The SMILES string of the molecule is Cc1cc(C)n(C(=O)[C@H]2C[C@@](C)(C#C[Si](C)(C)C)[C@]2(C)c2ccccc2)n1. The van der Waals surface area contributed by atoms with Gasteiger partial charge in [0.15, 0.2) is 0 Å². The van der Waals surface area contributed by atoms with Crippen molar-refractivity contribution in [2.24, 2.45) is 11.3 Å². The number of carbonyl (C=O) groups excluding carboxylic acids is 1. The molecule has 3 rings (SSSR count). The van der Waals surface area contributed by atoms with E-state index in [9.17, 15) is 4.79 Å². The molecule has 0 saturated heterocycles. The predicted molar refractivity (Wildman–Crippen MR) is 113 cm³/mol. The van der Waals surface area contributed by atoms with Gasteiger partial charge in [0, 0.05) is 16.5 Å². The lowest BCUT2D eigenvalue weighted by molar-refractivity contribution is -0.00362. The van der Waals surface area contributed by atoms with E-state index in [1.54, 1.807) is 4.68 Å². The smallest absolute Gasteiger partial charge is 0.251 e. The van der Waals surface area contributed by atoms with Crippen LogP contribution in [0.25, 0.3) is 0 Å². The van der Waals surface area contributed by atoms with Crippen molar-refractivity contribution >= 4 is 14.0 Å². The van der Waals surface area contributed by atoms with Crippen molar-refractivity contribution in [1.29, 1.82) is 0 Å². The topological polar surface area (TPSA) is 34.9 Å². The zero-order valence-electron chi connectivity index (χ0n) is 17.6. The molecule has 0 unspecified atom stereocenters. The molecule has 0 aliphatic heterocycles. The second-order valence-corrected chi connectivity index (χ2v) is 14.1. The summed E-state index contributed by atoms with van der Waals surface area (Å²) in [5.74, 6) is 3.57. The molecule has 1 aromatic carbocycles. The Bertz CT molecular complexity index is 929. The van der Waals surface area contributed by atoms with Crippen molar-refractivity contribution in [1.82, 2.24) is 9.78 Å². The summed E-state index contributed by atoms with van der Waals surface area (Å²) in [6, 6.07) is 12.4. The van der Waals surface area contributed by atoms with Gasteiger partial charge < -0.3 is 0 Å². The van der Waals surface area contributed by atoms with Crippen molar-refractivity contribution in [2.45, 2.75) is 59.2 Å². The molecule has 1 fully saturated rings.